The molecule has 4 aromatic rings. The number of aromatic nitrogens is 2. The fourth-order valence-corrected chi connectivity index (χ4v) is 5.78. The van der Waals surface area contributed by atoms with Crippen LogP contribution in [0, 0.1) is 19.7 Å². The fraction of sp³-hybridized carbons (Fsp3) is 0.394. The summed E-state index contributed by atoms with van der Waals surface area (Å²) >= 11 is 0. The van der Waals surface area contributed by atoms with Gasteiger partial charge in [0.1, 0.15) is 5.65 Å². The number of hydrogen-bond acceptors (Lipinski definition) is 4. The maximum atomic E-state index is 15.6. The van der Waals surface area contributed by atoms with Crippen molar-refractivity contribution in [2.45, 2.75) is 72.0 Å². The van der Waals surface area contributed by atoms with Gasteiger partial charge in [-0.3, -0.25) is 0 Å². The molecule has 1 aliphatic rings. The number of halogens is 1. The van der Waals surface area contributed by atoms with Crippen LogP contribution in [0.1, 0.15) is 66.9 Å². The van der Waals surface area contributed by atoms with E-state index in [1.54, 1.807) is 0 Å². The number of fused-ring (bicyclic) bond motifs is 2. The minimum Gasteiger partial charge on any atom is -0.490 e. The summed E-state index contributed by atoms with van der Waals surface area (Å²) in [4.78, 5) is 17.6. The van der Waals surface area contributed by atoms with Crippen molar-refractivity contribution in [2.24, 2.45) is 7.05 Å². The lowest BCUT2D eigenvalue weighted by Gasteiger charge is -2.29. The molecule has 1 aliphatic heterocycles. The van der Waals surface area contributed by atoms with Crippen LogP contribution in [0.15, 0.2) is 42.5 Å². The molecule has 2 aromatic carbocycles. The molecule has 0 bridgehead atoms. The van der Waals surface area contributed by atoms with Gasteiger partial charge in [0.2, 0.25) is 0 Å². The zero-order chi connectivity index (χ0) is 28.8. The first-order valence-electron chi connectivity index (χ1n) is 13.8. The van der Waals surface area contributed by atoms with E-state index in [4.69, 9.17) is 14.5 Å². The second kappa shape index (κ2) is 10.7. The third-order valence-corrected chi connectivity index (χ3v) is 7.68. The molecule has 6 nitrogen and oxygen atoms in total. The predicted molar refractivity (Wildman–Crippen MR) is 154 cm³/mol. The van der Waals surface area contributed by atoms with Crippen LogP contribution in [0.5, 0.6) is 5.75 Å². The minimum atomic E-state index is -1.28. The summed E-state index contributed by atoms with van der Waals surface area (Å²) in [6, 6.07) is 13.9. The Kier molecular flexibility index (Phi) is 7.44. The summed E-state index contributed by atoms with van der Waals surface area (Å²) in [5.41, 5.74) is 6.32. The lowest BCUT2D eigenvalue weighted by Crippen LogP contribution is -2.28. The van der Waals surface area contributed by atoms with Crippen LogP contribution in [0.3, 0.4) is 0 Å². The van der Waals surface area contributed by atoms with E-state index in [1.165, 1.54) is 11.6 Å². The zero-order valence-corrected chi connectivity index (χ0v) is 24.1. The van der Waals surface area contributed by atoms with Gasteiger partial charge < -0.3 is 19.1 Å². The number of benzene rings is 2. The van der Waals surface area contributed by atoms with Gasteiger partial charge >= 0.3 is 5.97 Å². The third-order valence-electron chi connectivity index (χ3n) is 7.68. The second-order valence-corrected chi connectivity index (χ2v) is 11.6. The van der Waals surface area contributed by atoms with Crippen LogP contribution in [0.4, 0.5) is 4.39 Å². The monoisotopic (exact) mass is 544 g/mol. The zero-order valence-electron chi connectivity index (χ0n) is 24.1. The molecule has 3 heterocycles. The molecule has 0 saturated carbocycles. The Balaban J connectivity index is 1.78. The average Bonchev–Trinajstić information content (AvgIpc) is 3.22. The van der Waals surface area contributed by atoms with Crippen LogP contribution < -0.4 is 4.74 Å². The van der Waals surface area contributed by atoms with Crippen LogP contribution in [0.25, 0.3) is 22.2 Å². The van der Waals surface area contributed by atoms with Crippen LogP contribution in [0.2, 0.25) is 0 Å². The Labute approximate surface area is 234 Å². The average molecular weight is 545 g/mol. The van der Waals surface area contributed by atoms with Gasteiger partial charge in [-0.05, 0) is 89.1 Å². The van der Waals surface area contributed by atoms with Gasteiger partial charge in [-0.1, -0.05) is 30.3 Å². The van der Waals surface area contributed by atoms with Crippen molar-refractivity contribution in [1.29, 1.82) is 0 Å². The maximum absolute atomic E-state index is 15.6. The van der Waals surface area contributed by atoms with Crippen LogP contribution >= 0.6 is 0 Å². The quantitative estimate of drug-likeness (QED) is 0.270. The normalized spacial score (nSPS) is 14.2. The molecule has 1 unspecified atom stereocenters. The molecule has 0 radical (unpaired) electrons. The standard InChI is InChI=1S/C33H37FN2O4/c1-19-23-13-10-16-39-29(23)26(34)18-24(19)28-25-17-22(15-14-21-11-8-7-9-12-21)36(6)31(25)35-20(2)27(28)30(32(37)38)40-33(3,4)5/h7-9,11-12,17-18,30H,10,13-16H2,1-6H3,(H,37,38). The Morgan fingerprint density at radius 1 is 1.18 bits per heavy atom. The highest BCUT2D eigenvalue weighted by atomic mass is 19.1. The highest BCUT2D eigenvalue weighted by Crippen LogP contribution is 2.44. The summed E-state index contributed by atoms with van der Waals surface area (Å²) < 4.78 is 29.5. The van der Waals surface area contributed by atoms with Gasteiger partial charge in [-0.15, -0.1) is 0 Å². The molecule has 1 N–H and O–H groups in total. The predicted octanol–water partition coefficient (Wildman–Crippen LogP) is 7.05. The molecule has 0 saturated heterocycles. The molecule has 5 rings (SSSR count). The van der Waals surface area contributed by atoms with Gasteiger partial charge in [0.05, 0.1) is 12.2 Å². The molecule has 40 heavy (non-hydrogen) atoms. The number of aryl methyl sites for hydroxylation is 4. The lowest BCUT2D eigenvalue weighted by atomic mass is 9.86. The van der Waals surface area contributed by atoms with Crippen molar-refractivity contribution >= 4 is 17.0 Å². The fourth-order valence-electron chi connectivity index (χ4n) is 5.78. The molecular formula is C33H37FN2O4. The molecule has 1 atom stereocenters. The van der Waals surface area contributed by atoms with Crippen molar-refractivity contribution in [3.8, 4) is 16.9 Å². The number of ether oxygens (including phenoxy) is 2. The Hall–Kier alpha value is -3.71. The first-order valence-corrected chi connectivity index (χ1v) is 13.8. The first-order chi connectivity index (χ1) is 19.0. The van der Waals surface area contributed by atoms with Crippen molar-refractivity contribution in [3.63, 3.8) is 0 Å². The van der Waals surface area contributed by atoms with Crippen molar-refractivity contribution in [2.75, 3.05) is 6.61 Å². The smallest absolute Gasteiger partial charge is 0.337 e. The van der Waals surface area contributed by atoms with Crippen LogP contribution in [-0.4, -0.2) is 32.8 Å². The van der Waals surface area contributed by atoms with Gasteiger partial charge in [-0.25, -0.2) is 14.2 Å². The van der Waals surface area contributed by atoms with Crippen molar-refractivity contribution in [1.82, 2.24) is 9.55 Å². The van der Waals surface area contributed by atoms with E-state index < -0.39 is 23.5 Å². The third kappa shape index (κ3) is 5.22. The number of hydrogen-bond donors (Lipinski definition) is 1. The van der Waals surface area contributed by atoms with E-state index in [1.807, 2.05) is 59.9 Å². The number of rotatable bonds is 7. The van der Waals surface area contributed by atoms with Crippen molar-refractivity contribution < 1.29 is 23.8 Å². The molecule has 210 valence electrons. The largest absolute Gasteiger partial charge is 0.490 e. The minimum absolute atomic E-state index is 0.299. The van der Waals surface area contributed by atoms with E-state index in [2.05, 4.69) is 22.8 Å². The summed E-state index contributed by atoms with van der Waals surface area (Å²) in [6.45, 7) is 9.74. The van der Waals surface area contributed by atoms with Gasteiger partial charge in [0, 0.05) is 40.5 Å². The van der Waals surface area contributed by atoms with Gasteiger partial charge in [0.15, 0.2) is 17.7 Å². The van der Waals surface area contributed by atoms with E-state index >= 15 is 4.39 Å². The number of carbonyl (C=O) groups is 1. The van der Waals surface area contributed by atoms with E-state index in [0.717, 1.165) is 47.1 Å². The molecule has 0 aliphatic carbocycles. The highest BCUT2D eigenvalue weighted by Gasteiger charge is 2.34. The number of carboxylic acid groups (broad SMARTS) is 1. The molecular weight excluding hydrogens is 507 g/mol. The van der Waals surface area contributed by atoms with Gasteiger partial charge in [-0.2, -0.15) is 0 Å². The van der Waals surface area contributed by atoms with Crippen molar-refractivity contribution in [3.05, 3.63) is 81.9 Å². The van der Waals surface area contributed by atoms with E-state index in [9.17, 15) is 9.90 Å². The highest BCUT2D eigenvalue weighted by molar-refractivity contribution is 5.99. The van der Waals surface area contributed by atoms with E-state index in [0.29, 0.717) is 41.2 Å². The van der Waals surface area contributed by atoms with Gasteiger partial charge in [0.25, 0.3) is 0 Å². The Bertz CT molecular complexity index is 1580. The number of aliphatic carboxylic acids is 1. The lowest BCUT2D eigenvalue weighted by molar-refractivity contribution is -0.160. The Morgan fingerprint density at radius 3 is 2.58 bits per heavy atom. The molecule has 0 amide bonds. The molecule has 2 aromatic heterocycles. The summed E-state index contributed by atoms with van der Waals surface area (Å²) in [7, 11) is 1.98. The second-order valence-electron chi connectivity index (χ2n) is 11.6. The number of carboxylic acids is 1. The molecule has 7 heteroatoms. The molecule has 0 fully saturated rings. The number of nitrogens with zero attached hydrogens (tertiary/aromatic N) is 2. The first kappa shape index (κ1) is 27.8. The molecule has 0 spiro atoms. The Morgan fingerprint density at radius 2 is 1.90 bits per heavy atom. The topological polar surface area (TPSA) is 73.6 Å². The summed E-state index contributed by atoms with van der Waals surface area (Å²) in [6.07, 6.45) is 1.84. The SMILES string of the molecule is Cc1nc2c(cc(CCc3ccccc3)n2C)c(-c2cc(F)c3c(c2C)CCCO3)c1C(OC(C)(C)C)C(=O)O. The number of pyridine rings is 1. The van der Waals surface area contributed by atoms with E-state index in [-0.39, 0.29) is 0 Å². The summed E-state index contributed by atoms with van der Waals surface area (Å²) in [5, 5.41) is 11.2. The van der Waals surface area contributed by atoms with Crippen LogP contribution in [-0.2, 0) is 35.8 Å². The maximum Gasteiger partial charge on any atom is 0.337 e. The summed E-state index contributed by atoms with van der Waals surface area (Å²) in [5.74, 6) is -1.25.